The second-order valence-electron chi connectivity index (χ2n) is 7.12. The Balaban J connectivity index is 1.47. The predicted molar refractivity (Wildman–Crippen MR) is 72.7 cm³/mol. The molecule has 1 amide bonds. The van der Waals surface area contributed by atoms with Gasteiger partial charge in [-0.15, -0.1) is 0 Å². The van der Waals surface area contributed by atoms with Crippen LogP contribution in [0.2, 0.25) is 0 Å². The van der Waals surface area contributed by atoms with E-state index in [9.17, 15) is 14.7 Å². The molecule has 0 saturated heterocycles. The molecule has 3 fully saturated rings. The fourth-order valence-electron chi connectivity index (χ4n) is 5.21. The van der Waals surface area contributed by atoms with Crippen LogP contribution < -0.4 is 5.32 Å². The quantitative estimate of drug-likeness (QED) is 0.772. The lowest BCUT2D eigenvalue weighted by Crippen LogP contribution is -2.49. The second-order valence-corrected chi connectivity index (χ2v) is 7.12. The van der Waals surface area contributed by atoms with Crippen molar-refractivity contribution >= 4 is 11.9 Å². The molecule has 4 rings (SSSR count). The van der Waals surface area contributed by atoms with E-state index in [1.807, 2.05) is 0 Å². The van der Waals surface area contributed by atoms with E-state index < -0.39 is 5.97 Å². The van der Waals surface area contributed by atoms with Crippen molar-refractivity contribution in [3.05, 3.63) is 12.2 Å². The van der Waals surface area contributed by atoms with Crippen LogP contribution in [0.1, 0.15) is 32.1 Å². The van der Waals surface area contributed by atoms with Crippen molar-refractivity contribution in [2.45, 2.75) is 38.1 Å². The van der Waals surface area contributed by atoms with E-state index in [1.165, 1.54) is 0 Å². The largest absolute Gasteiger partial charge is 0.481 e. The van der Waals surface area contributed by atoms with E-state index >= 15 is 0 Å². The van der Waals surface area contributed by atoms with Gasteiger partial charge in [0.25, 0.3) is 0 Å². The third-order valence-corrected chi connectivity index (χ3v) is 6.13. The zero-order chi connectivity index (χ0) is 13.9. The maximum Gasteiger partial charge on any atom is 0.308 e. The highest BCUT2D eigenvalue weighted by Crippen LogP contribution is 2.49. The molecule has 4 bridgehead atoms. The van der Waals surface area contributed by atoms with Crippen molar-refractivity contribution in [2.24, 2.45) is 35.5 Å². The number of nitrogens with one attached hydrogen (secondary N) is 1. The Bertz CT molecular complexity index is 486. The van der Waals surface area contributed by atoms with Gasteiger partial charge in [-0.1, -0.05) is 12.2 Å². The summed E-state index contributed by atoms with van der Waals surface area (Å²) in [6.45, 7) is 0. The van der Waals surface area contributed by atoms with Crippen molar-refractivity contribution in [1.29, 1.82) is 0 Å². The van der Waals surface area contributed by atoms with Crippen molar-refractivity contribution in [2.75, 3.05) is 0 Å². The van der Waals surface area contributed by atoms with Crippen LogP contribution in [0.4, 0.5) is 0 Å². The van der Waals surface area contributed by atoms with Crippen molar-refractivity contribution in [3.63, 3.8) is 0 Å². The van der Waals surface area contributed by atoms with E-state index in [0.29, 0.717) is 17.8 Å². The minimum absolute atomic E-state index is 0.0820. The summed E-state index contributed by atoms with van der Waals surface area (Å²) < 4.78 is 0. The highest BCUT2D eigenvalue weighted by Gasteiger charge is 2.52. The van der Waals surface area contributed by atoms with Gasteiger partial charge in [0.2, 0.25) is 5.91 Å². The summed E-state index contributed by atoms with van der Waals surface area (Å²) >= 11 is 0. The summed E-state index contributed by atoms with van der Waals surface area (Å²) in [4.78, 5) is 24.0. The smallest absolute Gasteiger partial charge is 0.308 e. The number of allylic oxidation sites excluding steroid dienone is 2. The summed E-state index contributed by atoms with van der Waals surface area (Å²) in [7, 11) is 0. The molecule has 4 nitrogen and oxygen atoms in total. The monoisotopic (exact) mass is 275 g/mol. The molecule has 4 heteroatoms. The Morgan fingerprint density at radius 1 is 1.05 bits per heavy atom. The Kier molecular flexibility index (Phi) is 2.69. The first kappa shape index (κ1) is 12.4. The number of amides is 1. The number of carboxylic acids is 1. The molecule has 3 saturated carbocycles. The minimum Gasteiger partial charge on any atom is -0.481 e. The number of rotatable bonds is 3. The zero-order valence-corrected chi connectivity index (χ0v) is 11.5. The predicted octanol–water partition coefficient (Wildman–Crippen LogP) is 1.81. The normalized spacial score (nSPS) is 47.9. The molecule has 0 aliphatic heterocycles. The van der Waals surface area contributed by atoms with Crippen LogP contribution >= 0.6 is 0 Å². The number of aliphatic carboxylic acids is 1. The second kappa shape index (κ2) is 4.34. The van der Waals surface area contributed by atoms with Gasteiger partial charge in [-0.25, -0.2) is 0 Å². The van der Waals surface area contributed by atoms with Gasteiger partial charge in [-0.3, -0.25) is 9.59 Å². The molecular weight excluding hydrogens is 254 g/mol. The summed E-state index contributed by atoms with van der Waals surface area (Å²) in [5.74, 6) is 0.737. The topological polar surface area (TPSA) is 66.4 Å². The molecule has 0 spiro atoms. The van der Waals surface area contributed by atoms with Gasteiger partial charge in [0, 0.05) is 12.0 Å². The van der Waals surface area contributed by atoms with Gasteiger partial charge in [-0.2, -0.15) is 0 Å². The number of carbonyl (C=O) groups is 2. The first-order valence-corrected chi connectivity index (χ1v) is 7.85. The Morgan fingerprint density at radius 2 is 1.85 bits per heavy atom. The number of hydrogen-bond acceptors (Lipinski definition) is 2. The van der Waals surface area contributed by atoms with Gasteiger partial charge in [0.1, 0.15) is 0 Å². The van der Waals surface area contributed by atoms with E-state index in [2.05, 4.69) is 17.5 Å². The van der Waals surface area contributed by atoms with Crippen LogP contribution in [0, 0.1) is 35.5 Å². The Labute approximate surface area is 118 Å². The van der Waals surface area contributed by atoms with Crippen LogP contribution in [-0.4, -0.2) is 23.0 Å². The lowest BCUT2D eigenvalue weighted by atomic mass is 9.83. The summed E-state index contributed by atoms with van der Waals surface area (Å²) in [5.41, 5.74) is 0. The molecular formula is C16H21NO3. The molecule has 0 aromatic heterocycles. The van der Waals surface area contributed by atoms with Crippen molar-refractivity contribution < 1.29 is 14.7 Å². The fourth-order valence-corrected chi connectivity index (χ4v) is 5.21. The lowest BCUT2D eigenvalue weighted by molar-refractivity contribution is -0.145. The minimum atomic E-state index is -0.727. The highest BCUT2D eigenvalue weighted by molar-refractivity contribution is 5.82. The summed E-state index contributed by atoms with van der Waals surface area (Å²) in [5, 5.41) is 12.5. The summed E-state index contributed by atoms with van der Waals surface area (Å²) in [6.07, 6.45) is 9.54. The molecule has 0 aromatic rings. The average Bonchev–Trinajstić information content (AvgIpc) is 3.17. The van der Waals surface area contributed by atoms with Gasteiger partial charge < -0.3 is 10.4 Å². The number of fused-ring (bicyclic) bond motifs is 4. The zero-order valence-electron chi connectivity index (χ0n) is 11.5. The Hall–Kier alpha value is -1.32. The van der Waals surface area contributed by atoms with Crippen LogP contribution in [0.5, 0.6) is 0 Å². The average molecular weight is 275 g/mol. The van der Waals surface area contributed by atoms with Crippen LogP contribution in [-0.2, 0) is 9.59 Å². The maximum atomic E-state index is 12.5. The van der Waals surface area contributed by atoms with Gasteiger partial charge in [-0.05, 0) is 55.8 Å². The third kappa shape index (κ3) is 1.73. The number of carboxylic acid groups (broad SMARTS) is 1. The van der Waals surface area contributed by atoms with Crippen LogP contribution in [0.15, 0.2) is 12.2 Å². The molecule has 2 N–H and O–H groups in total. The summed E-state index contributed by atoms with van der Waals surface area (Å²) in [6, 6.07) is -0.123. The van der Waals surface area contributed by atoms with E-state index in [1.54, 1.807) is 0 Å². The van der Waals surface area contributed by atoms with Crippen molar-refractivity contribution in [3.8, 4) is 0 Å². The first-order chi connectivity index (χ1) is 9.63. The number of hydrogen-bond donors (Lipinski definition) is 2. The molecule has 0 aromatic carbocycles. The van der Waals surface area contributed by atoms with Gasteiger partial charge in [0.05, 0.1) is 5.92 Å². The molecule has 7 atom stereocenters. The van der Waals surface area contributed by atoms with E-state index in [-0.39, 0.29) is 29.7 Å². The standard InChI is InChI=1S/C16H21NO3/c18-15(12-6-8-1-2-9(12)5-8)17-14-11-4-3-10(7-11)13(14)16(19)20/h1-2,8-14H,3-7H2,(H,17,18)(H,19,20). The van der Waals surface area contributed by atoms with E-state index in [0.717, 1.165) is 32.1 Å². The molecule has 4 aliphatic rings. The fraction of sp³-hybridized carbons (Fsp3) is 0.750. The van der Waals surface area contributed by atoms with E-state index in [4.69, 9.17) is 0 Å². The van der Waals surface area contributed by atoms with Gasteiger partial charge in [0.15, 0.2) is 0 Å². The SMILES string of the molecule is O=C(NC1C2CCC(C2)C1C(=O)O)C1CC2C=CC1C2. The van der Waals surface area contributed by atoms with Crippen molar-refractivity contribution in [1.82, 2.24) is 5.32 Å². The number of carbonyl (C=O) groups excluding carboxylic acids is 1. The molecule has 0 heterocycles. The first-order valence-electron chi connectivity index (χ1n) is 7.85. The molecule has 0 radical (unpaired) electrons. The van der Waals surface area contributed by atoms with Gasteiger partial charge >= 0.3 is 5.97 Å². The molecule has 7 unspecified atom stereocenters. The van der Waals surface area contributed by atoms with Crippen LogP contribution in [0.25, 0.3) is 0 Å². The maximum absolute atomic E-state index is 12.5. The lowest BCUT2D eigenvalue weighted by Gasteiger charge is -2.30. The third-order valence-electron chi connectivity index (χ3n) is 6.13. The molecule has 4 aliphatic carbocycles. The highest BCUT2D eigenvalue weighted by atomic mass is 16.4. The Morgan fingerprint density at radius 3 is 2.50 bits per heavy atom. The van der Waals surface area contributed by atoms with Crippen LogP contribution in [0.3, 0.4) is 0 Å². The molecule has 108 valence electrons. The molecule has 20 heavy (non-hydrogen) atoms.